The maximum atomic E-state index is 11.0. The standard InChI is InChI=1S/C8H13BNO4S/c1-10(2,15(13)14)8-5-3-4-7(6-8)9(11)12/h3-6,11-12,15H,1-2H3/q+1. The molecule has 0 fully saturated rings. The third-order valence-corrected chi connectivity index (χ3v) is 3.26. The summed E-state index contributed by atoms with van der Waals surface area (Å²) in [6, 6.07) is 6.18. The highest BCUT2D eigenvalue weighted by Gasteiger charge is 2.23. The summed E-state index contributed by atoms with van der Waals surface area (Å²) in [5, 5.41) is 17.9. The van der Waals surface area contributed by atoms with Gasteiger partial charge in [0.2, 0.25) is 0 Å². The molecule has 15 heavy (non-hydrogen) atoms. The van der Waals surface area contributed by atoms with E-state index in [0.29, 0.717) is 5.69 Å². The van der Waals surface area contributed by atoms with Crippen LogP contribution in [0.25, 0.3) is 0 Å². The van der Waals surface area contributed by atoms with Crippen LogP contribution in [-0.4, -0.2) is 39.7 Å². The lowest BCUT2D eigenvalue weighted by Crippen LogP contribution is -2.40. The number of hydrogen-bond acceptors (Lipinski definition) is 4. The molecular formula is C8H13BNO4S+. The maximum Gasteiger partial charge on any atom is 0.488 e. The Kier molecular flexibility index (Phi) is 3.51. The summed E-state index contributed by atoms with van der Waals surface area (Å²) in [5.41, 5.74) is 0.757. The Morgan fingerprint density at radius 3 is 2.33 bits per heavy atom. The van der Waals surface area contributed by atoms with E-state index in [1.54, 1.807) is 12.1 Å². The molecule has 5 nitrogen and oxygen atoms in total. The van der Waals surface area contributed by atoms with Crippen molar-refractivity contribution in [3.8, 4) is 0 Å². The lowest BCUT2D eigenvalue weighted by atomic mass is 9.80. The van der Waals surface area contributed by atoms with Crippen molar-refractivity contribution in [1.82, 2.24) is 3.89 Å². The van der Waals surface area contributed by atoms with E-state index in [-0.39, 0.29) is 9.35 Å². The van der Waals surface area contributed by atoms with Crippen molar-refractivity contribution in [3.05, 3.63) is 24.3 Å². The monoisotopic (exact) mass is 230 g/mol. The summed E-state index contributed by atoms with van der Waals surface area (Å²) in [7, 11) is -1.25. The van der Waals surface area contributed by atoms with E-state index >= 15 is 0 Å². The molecule has 2 N–H and O–H groups in total. The van der Waals surface area contributed by atoms with Gasteiger partial charge in [-0.3, -0.25) is 0 Å². The van der Waals surface area contributed by atoms with Gasteiger partial charge in [0.05, 0.1) is 14.1 Å². The first-order valence-corrected chi connectivity index (χ1v) is 5.44. The van der Waals surface area contributed by atoms with E-state index in [0.717, 1.165) is 0 Å². The Morgan fingerprint density at radius 1 is 1.27 bits per heavy atom. The number of benzene rings is 1. The van der Waals surface area contributed by atoms with Gasteiger partial charge in [-0.2, -0.15) is 12.3 Å². The van der Waals surface area contributed by atoms with Crippen LogP contribution < -0.4 is 9.35 Å². The van der Waals surface area contributed by atoms with Gasteiger partial charge < -0.3 is 10.0 Å². The van der Waals surface area contributed by atoms with Crippen LogP contribution in [0.1, 0.15) is 0 Å². The highest BCUT2D eigenvalue weighted by Crippen LogP contribution is 2.16. The lowest BCUT2D eigenvalue weighted by Gasteiger charge is -2.21. The summed E-state index contributed by atoms with van der Waals surface area (Å²) >= 11 is 0. The van der Waals surface area contributed by atoms with Crippen molar-refractivity contribution in [2.45, 2.75) is 0 Å². The van der Waals surface area contributed by atoms with Crippen LogP contribution in [0.2, 0.25) is 0 Å². The fraction of sp³-hybridized carbons (Fsp3) is 0.250. The molecule has 0 aromatic heterocycles. The van der Waals surface area contributed by atoms with Crippen LogP contribution >= 0.6 is 0 Å². The summed E-state index contributed by atoms with van der Waals surface area (Å²) in [6.45, 7) is 0. The van der Waals surface area contributed by atoms with Gasteiger partial charge in [0.1, 0.15) is 5.69 Å². The van der Waals surface area contributed by atoms with Crippen molar-refractivity contribution in [2.75, 3.05) is 14.1 Å². The van der Waals surface area contributed by atoms with Gasteiger partial charge >= 0.3 is 7.12 Å². The van der Waals surface area contributed by atoms with Gasteiger partial charge in [-0.05, 0) is 5.46 Å². The highest BCUT2D eigenvalue weighted by atomic mass is 32.2. The van der Waals surface area contributed by atoms with E-state index in [9.17, 15) is 8.42 Å². The predicted molar refractivity (Wildman–Crippen MR) is 60.2 cm³/mol. The van der Waals surface area contributed by atoms with Crippen LogP contribution in [-0.2, 0) is 10.9 Å². The van der Waals surface area contributed by atoms with Crippen molar-refractivity contribution < 1.29 is 18.5 Å². The zero-order valence-corrected chi connectivity index (χ0v) is 9.39. The molecular weight excluding hydrogens is 217 g/mol. The molecule has 0 aliphatic heterocycles. The minimum absolute atomic E-state index is 0.274. The van der Waals surface area contributed by atoms with Crippen LogP contribution in [0.15, 0.2) is 24.3 Å². The summed E-state index contributed by atoms with van der Waals surface area (Å²) in [5.74, 6) is 0. The lowest BCUT2D eigenvalue weighted by molar-refractivity contribution is 0.425. The molecule has 0 amide bonds. The summed E-state index contributed by atoms with van der Waals surface area (Å²) in [4.78, 5) is 0. The quantitative estimate of drug-likeness (QED) is 0.334. The molecule has 1 rings (SSSR count). The molecule has 0 saturated carbocycles. The minimum atomic E-state index is -2.68. The first kappa shape index (κ1) is 12.2. The Balaban J connectivity index is 3.22. The van der Waals surface area contributed by atoms with Gasteiger partial charge in [0.15, 0.2) is 0 Å². The van der Waals surface area contributed by atoms with E-state index in [2.05, 4.69) is 0 Å². The normalized spacial score (nSPS) is 11.8. The van der Waals surface area contributed by atoms with Crippen LogP contribution in [0.3, 0.4) is 0 Å². The first-order chi connectivity index (χ1) is 6.85. The molecule has 0 bridgehead atoms. The fourth-order valence-electron chi connectivity index (χ4n) is 1.12. The third-order valence-electron chi connectivity index (χ3n) is 2.21. The van der Waals surface area contributed by atoms with Crippen LogP contribution in [0.5, 0.6) is 0 Å². The zero-order valence-electron chi connectivity index (χ0n) is 8.49. The van der Waals surface area contributed by atoms with Crippen LogP contribution in [0, 0.1) is 0 Å². The molecule has 7 heteroatoms. The minimum Gasteiger partial charge on any atom is -0.423 e. The third kappa shape index (κ3) is 2.57. The number of quaternary nitrogens is 1. The number of hydrogen-bond donors (Lipinski definition) is 3. The van der Waals surface area contributed by atoms with Crippen molar-refractivity contribution in [2.24, 2.45) is 0 Å². The molecule has 0 heterocycles. The molecule has 0 saturated heterocycles. The number of nitrogens with zero attached hydrogens (tertiary/aromatic N) is 1. The molecule has 0 aliphatic carbocycles. The van der Waals surface area contributed by atoms with E-state index in [4.69, 9.17) is 10.0 Å². The SMILES string of the molecule is C[N+](C)(c1cccc(B(O)O)c1)[SH](=O)=O. The van der Waals surface area contributed by atoms with Crippen molar-refractivity contribution >= 4 is 29.2 Å². The molecule has 0 aliphatic rings. The molecule has 0 unspecified atom stereocenters. The maximum absolute atomic E-state index is 11.0. The van der Waals surface area contributed by atoms with Gasteiger partial charge in [-0.1, -0.05) is 12.1 Å². The molecule has 0 radical (unpaired) electrons. The van der Waals surface area contributed by atoms with Gasteiger partial charge in [0.25, 0.3) is 10.9 Å². The van der Waals surface area contributed by atoms with Crippen LogP contribution in [0.4, 0.5) is 5.69 Å². The van der Waals surface area contributed by atoms with Crippen molar-refractivity contribution in [3.63, 3.8) is 0 Å². The smallest absolute Gasteiger partial charge is 0.423 e. The van der Waals surface area contributed by atoms with Crippen molar-refractivity contribution in [1.29, 1.82) is 0 Å². The molecule has 0 spiro atoms. The molecule has 1 aromatic rings. The van der Waals surface area contributed by atoms with E-state index < -0.39 is 18.0 Å². The average Bonchev–Trinajstić information content (AvgIpc) is 2.17. The second kappa shape index (κ2) is 4.32. The Labute approximate surface area is 90.4 Å². The highest BCUT2D eigenvalue weighted by molar-refractivity contribution is 7.71. The zero-order chi connectivity index (χ0) is 11.6. The number of thiol groups is 1. The Bertz CT molecular complexity index is 422. The van der Waals surface area contributed by atoms with Gasteiger partial charge in [-0.15, -0.1) is 0 Å². The predicted octanol–water partition coefficient (Wildman–Crippen LogP) is -1.54. The van der Waals surface area contributed by atoms with E-state index in [1.807, 2.05) is 0 Å². The molecule has 1 aromatic carbocycles. The van der Waals surface area contributed by atoms with E-state index in [1.165, 1.54) is 26.2 Å². The summed E-state index contributed by atoms with van der Waals surface area (Å²) < 4.78 is 21.7. The first-order valence-electron chi connectivity index (χ1n) is 4.31. The second-order valence-corrected chi connectivity index (χ2v) is 5.08. The average molecular weight is 230 g/mol. The summed E-state index contributed by atoms with van der Waals surface area (Å²) in [6.07, 6.45) is 0. The molecule has 0 atom stereocenters. The fourth-order valence-corrected chi connectivity index (χ4v) is 1.43. The Hall–Kier alpha value is -0.885. The largest absolute Gasteiger partial charge is 0.488 e. The molecule has 82 valence electrons. The Morgan fingerprint density at radius 2 is 1.87 bits per heavy atom. The van der Waals surface area contributed by atoms with Gasteiger partial charge in [-0.25, -0.2) is 0 Å². The van der Waals surface area contributed by atoms with Gasteiger partial charge in [0, 0.05) is 12.1 Å². The number of rotatable bonds is 3. The second-order valence-electron chi connectivity index (χ2n) is 3.60. The topological polar surface area (TPSA) is 74.6 Å².